The summed E-state index contributed by atoms with van der Waals surface area (Å²) >= 11 is 0. The zero-order chi connectivity index (χ0) is 12.6. The van der Waals surface area contributed by atoms with Gasteiger partial charge in [0, 0.05) is 16.6 Å². The molecule has 6 nitrogen and oxygen atoms in total. The van der Waals surface area contributed by atoms with Crippen molar-refractivity contribution in [1.29, 1.82) is 0 Å². The molecule has 92 valence electrons. The summed E-state index contributed by atoms with van der Waals surface area (Å²) in [7, 11) is 1.25. The Labute approximate surface area is 102 Å². The Morgan fingerprint density at radius 3 is 2.53 bits per heavy atom. The molecule has 0 unspecified atom stereocenters. The molecule has 0 amide bonds. The SMILES string of the molecule is CC(C)c1nc(-c2ccc(S(=O)(=O)Cl)o2)no1. The van der Waals surface area contributed by atoms with E-state index in [1.165, 1.54) is 12.1 Å². The van der Waals surface area contributed by atoms with Crippen LogP contribution in [-0.4, -0.2) is 18.6 Å². The summed E-state index contributed by atoms with van der Waals surface area (Å²) in [5.74, 6) is 0.925. The van der Waals surface area contributed by atoms with Crippen molar-refractivity contribution in [2.45, 2.75) is 24.9 Å². The predicted molar refractivity (Wildman–Crippen MR) is 59.1 cm³/mol. The molecule has 0 aliphatic heterocycles. The van der Waals surface area contributed by atoms with Crippen molar-refractivity contribution < 1.29 is 17.4 Å². The van der Waals surface area contributed by atoms with Crippen LogP contribution in [0.25, 0.3) is 11.6 Å². The van der Waals surface area contributed by atoms with Gasteiger partial charge >= 0.3 is 0 Å². The highest BCUT2D eigenvalue weighted by molar-refractivity contribution is 8.13. The zero-order valence-electron chi connectivity index (χ0n) is 9.05. The highest BCUT2D eigenvalue weighted by Crippen LogP contribution is 2.25. The van der Waals surface area contributed by atoms with Crippen molar-refractivity contribution in [1.82, 2.24) is 10.1 Å². The van der Waals surface area contributed by atoms with E-state index in [1.54, 1.807) is 0 Å². The van der Waals surface area contributed by atoms with E-state index in [0.29, 0.717) is 5.89 Å². The van der Waals surface area contributed by atoms with Crippen LogP contribution < -0.4 is 0 Å². The Kier molecular flexibility index (Phi) is 2.96. The normalized spacial score (nSPS) is 12.2. The highest BCUT2D eigenvalue weighted by atomic mass is 35.7. The summed E-state index contributed by atoms with van der Waals surface area (Å²) in [4.78, 5) is 4.07. The second-order valence-corrected chi connectivity index (χ2v) is 6.16. The Morgan fingerprint density at radius 1 is 1.35 bits per heavy atom. The maximum atomic E-state index is 11.0. The van der Waals surface area contributed by atoms with Gasteiger partial charge in [-0.15, -0.1) is 0 Å². The third-order valence-corrected chi connectivity index (χ3v) is 3.13. The second-order valence-electron chi connectivity index (χ2n) is 3.67. The van der Waals surface area contributed by atoms with Crippen LogP contribution in [0.4, 0.5) is 0 Å². The van der Waals surface area contributed by atoms with Crippen molar-refractivity contribution in [2.75, 3.05) is 0 Å². The Hall–Kier alpha value is -1.34. The van der Waals surface area contributed by atoms with Crippen LogP contribution in [0.2, 0.25) is 0 Å². The fraction of sp³-hybridized carbons (Fsp3) is 0.333. The number of aromatic nitrogens is 2. The molecule has 0 fully saturated rings. The van der Waals surface area contributed by atoms with Crippen molar-refractivity contribution in [2.24, 2.45) is 0 Å². The minimum absolute atomic E-state index is 0.0856. The minimum atomic E-state index is -3.88. The number of furan rings is 1. The van der Waals surface area contributed by atoms with Crippen molar-refractivity contribution in [3.8, 4) is 11.6 Å². The molecule has 0 aliphatic carbocycles. The van der Waals surface area contributed by atoms with E-state index in [9.17, 15) is 8.42 Å². The molecular weight excluding hydrogens is 268 g/mol. The van der Waals surface area contributed by atoms with Crippen molar-refractivity contribution in [3.63, 3.8) is 0 Å². The van der Waals surface area contributed by atoms with Gasteiger partial charge < -0.3 is 8.94 Å². The average Bonchev–Trinajstić information content (AvgIpc) is 2.85. The molecule has 0 aliphatic rings. The van der Waals surface area contributed by atoms with Gasteiger partial charge in [0.1, 0.15) is 0 Å². The van der Waals surface area contributed by atoms with E-state index in [-0.39, 0.29) is 22.6 Å². The quantitative estimate of drug-likeness (QED) is 0.800. The Balaban J connectivity index is 2.37. The van der Waals surface area contributed by atoms with Crippen LogP contribution in [0, 0.1) is 0 Å². The molecule has 0 aromatic carbocycles. The smallest absolute Gasteiger partial charge is 0.294 e. The maximum Gasteiger partial charge on any atom is 0.294 e. The number of rotatable bonds is 3. The van der Waals surface area contributed by atoms with E-state index in [1.807, 2.05) is 13.8 Å². The van der Waals surface area contributed by atoms with Gasteiger partial charge in [-0.25, -0.2) is 8.42 Å². The molecule has 0 N–H and O–H groups in total. The second kappa shape index (κ2) is 4.15. The lowest BCUT2D eigenvalue weighted by molar-refractivity contribution is 0.364. The minimum Gasteiger partial charge on any atom is -0.440 e. The summed E-state index contributed by atoms with van der Waals surface area (Å²) in [5.41, 5.74) is 0. The monoisotopic (exact) mass is 276 g/mol. The number of hydrogen-bond acceptors (Lipinski definition) is 6. The summed E-state index contributed by atoms with van der Waals surface area (Å²) in [5, 5.41) is 3.34. The summed E-state index contributed by atoms with van der Waals surface area (Å²) < 4.78 is 32.0. The number of hydrogen-bond donors (Lipinski definition) is 0. The molecule has 17 heavy (non-hydrogen) atoms. The third-order valence-electron chi connectivity index (χ3n) is 1.98. The van der Waals surface area contributed by atoms with Crippen LogP contribution in [0.5, 0.6) is 0 Å². The first kappa shape index (κ1) is 12.1. The van der Waals surface area contributed by atoms with Crippen LogP contribution in [0.15, 0.2) is 26.2 Å². The summed E-state index contributed by atoms with van der Waals surface area (Å²) in [6, 6.07) is 2.66. The molecule has 2 rings (SSSR count). The maximum absolute atomic E-state index is 11.0. The molecule has 2 aromatic heterocycles. The topological polar surface area (TPSA) is 86.2 Å². The van der Waals surface area contributed by atoms with Gasteiger partial charge in [-0.2, -0.15) is 4.98 Å². The van der Waals surface area contributed by atoms with E-state index in [2.05, 4.69) is 10.1 Å². The third kappa shape index (κ3) is 2.50. The molecule has 0 radical (unpaired) electrons. The average molecular weight is 277 g/mol. The largest absolute Gasteiger partial charge is 0.440 e. The molecule has 0 bridgehead atoms. The highest BCUT2D eigenvalue weighted by Gasteiger charge is 2.19. The lowest BCUT2D eigenvalue weighted by atomic mass is 10.2. The predicted octanol–water partition coefficient (Wildman–Crippen LogP) is 2.38. The number of nitrogens with zero attached hydrogens (tertiary/aromatic N) is 2. The molecule has 8 heteroatoms. The van der Waals surface area contributed by atoms with Gasteiger partial charge in [0.15, 0.2) is 5.76 Å². The van der Waals surface area contributed by atoms with E-state index in [0.717, 1.165) is 0 Å². The van der Waals surface area contributed by atoms with Gasteiger partial charge in [0.05, 0.1) is 0 Å². The molecular formula is C9H9ClN2O4S. The summed E-state index contributed by atoms with van der Waals surface area (Å²) in [6.45, 7) is 3.79. The van der Waals surface area contributed by atoms with Gasteiger partial charge in [0.2, 0.25) is 16.8 Å². The van der Waals surface area contributed by atoms with Crippen LogP contribution >= 0.6 is 10.7 Å². The molecule has 0 saturated heterocycles. The van der Waals surface area contributed by atoms with Crippen LogP contribution in [0.1, 0.15) is 25.7 Å². The van der Waals surface area contributed by atoms with E-state index < -0.39 is 9.05 Å². The van der Waals surface area contributed by atoms with E-state index >= 15 is 0 Å². The summed E-state index contributed by atoms with van der Waals surface area (Å²) in [6.07, 6.45) is 0. The van der Waals surface area contributed by atoms with Crippen LogP contribution in [0.3, 0.4) is 0 Å². The molecule has 0 saturated carbocycles. The number of halogens is 1. The standard InChI is InChI=1S/C9H9ClN2O4S/c1-5(2)9-11-8(12-16-9)6-3-4-7(15-6)17(10,13)14/h3-5H,1-2H3. The van der Waals surface area contributed by atoms with Crippen molar-refractivity contribution in [3.05, 3.63) is 18.0 Å². The van der Waals surface area contributed by atoms with Gasteiger partial charge in [-0.3, -0.25) is 0 Å². The first-order valence-corrected chi connectivity index (χ1v) is 7.07. The first-order valence-electron chi connectivity index (χ1n) is 4.76. The Bertz CT molecular complexity index is 629. The molecule has 2 heterocycles. The first-order chi connectivity index (χ1) is 7.88. The molecule has 2 aromatic rings. The fourth-order valence-electron chi connectivity index (χ4n) is 1.14. The molecule has 0 spiro atoms. The fourth-order valence-corrected chi connectivity index (χ4v) is 1.81. The van der Waals surface area contributed by atoms with Gasteiger partial charge in [-0.1, -0.05) is 19.0 Å². The lowest BCUT2D eigenvalue weighted by Gasteiger charge is -1.91. The zero-order valence-corrected chi connectivity index (χ0v) is 10.6. The molecule has 0 atom stereocenters. The lowest BCUT2D eigenvalue weighted by Crippen LogP contribution is -1.87. The van der Waals surface area contributed by atoms with Gasteiger partial charge in [0.25, 0.3) is 9.05 Å². The van der Waals surface area contributed by atoms with Crippen molar-refractivity contribution >= 4 is 19.7 Å². The van der Waals surface area contributed by atoms with Crippen LogP contribution in [-0.2, 0) is 9.05 Å². The van der Waals surface area contributed by atoms with E-state index in [4.69, 9.17) is 19.6 Å². The Morgan fingerprint density at radius 2 is 2.06 bits per heavy atom. The van der Waals surface area contributed by atoms with Gasteiger partial charge in [-0.05, 0) is 12.1 Å².